The first kappa shape index (κ1) is 14.2. The highest BCUT2D eigenvalue weighted by molar-refractivity contribution is 6.30. The van der Waals surface area contributed by atoms with E-state index in [-0.39, 0.29) is 12.6 Å². The first-order valence-corrected chi connectivity index (χ1v) is 6.89. The SMILES string of the molecule is Cc1cc(Cl)ccc1NC(=O)NC1(CO)CCCC1. The third-order valence-corrected chi connectivity index (χ3v) is 3.91. The van der Waals surface area contributed by atoms with E-state index in [0.29, 0.717) is 5.02 Å². The molecule has 1 aliphatic rings. The Kier molecular flexibility index (Phi) is 4.32. The van der Waals surface area contributed by atoms with Gasteiger partial charge in [0, 0.05) is 10.7 Å². The number of nitrogens with one attached hydrogen (secondary N) is 2. The monoisotopic (exact) mass is 282 g/mol. The Hall–Kier alpha value is -1.26. The van der Waals surface area contributed by atoms with E-state index in [1.165, 1.54) is 0 Å². The van der Waals surface area contributed by atoms with Crippen LogP contribution in [0.2, 0.25) is 5.02 Å². The molecule has 104 valence electrons. The van der Waals surface area contributed by atoms with Gasteiger partial charge in [-0.05, 0) is 43.5 Å². The van der Waals surface area contributed by atoms with Crippen LogP contribution in [0, 0.1) is 6.92 Å². The first-order chi connectivity index (χ1) is 9.04. The van der Waals surface area contributed by atoms with E-state index < -0.39 is 5.54 Å². The number of anilines is 1. The largest absolute Gasteiger partial charge is 0.394 e. The number of halogens is 1. The summed E-state index contributed by atoms with van der Waals surface area (Å²) in [5, 5.41) is 15.8. The van der Waals surface area contributed by atoms with Gasteiger partial charge in [0.15, 0.2) is 0 Å². The molecule has 4 nitrogen and oxygen atoms in total. The van der Waals surface area contributed by atoms with E-state index in [2.05, 4.69) is 10.6 Å². The lowest BCUT2D eigenvalue weighted by Crippen LogP contribution is -2.50. The van der Waals surface area contributed by atoms with Gasteiger partial charge < -0.3 is 15.7 Å². The van der Waals surface area contributed by atoms with Gasteiger partial charge in [-0.3, -0.25) is 0 Å². The van der Waals surface area contributed by atoms with Crippen LogP contribution in [0.5, 0.6) is 0 Å². The molecule has 0 aliphatic heterocycles. The molecular formula is C14H19ClN2O2. The van der Waals surface area contributed by atoms with Gasteiger partial charge in [-0.1, -0.05) is 24.4 Å². The van der Waals surface area contributed by atoms with Crippen molar-refractivity contribution in [2.45, 2.75) is 38.1 Å². The third kappa shape index (κ3) is 3.39. The van der Waals surface area contributed by atoms with E-state index in [9.17, 15) is 9.90 Å². The summed E-state index contributed by atoms with van der Waals surface area (Å²) in [5.74, 6) is 0. The van der Waals surface area contributed by atoms with Crippen molar-refractivity contribution in [1.29, 1.82) is 0 Å². The molecule has 1 aromatic rings. The second-order valence-electron chi connectivity index (χ2n) is 5.18. The van der Waals surface area contributed by atoms with Gasteiger partial charge >= 0.3 is 6.03 Å². The molecule has 0 spiro atoms. The summed E-state index contributed by atoms with van der Waals surface area (Å²) >= 11 is 5.87. The molecule has 0 aromatic heterocycles. The number of amides is 2. The number of hydrogen-bond acceptors (Lipinski definition) is 2. The highest BCUT2D eigenvalue weighted by atomic mass is 35.5. The van der Waals surface area contributed by atoms with Gasteiger partial charge in [0.05, 0.1) is 12.1 Å². The van der Waals surface area contributed by atoms with E-state index in [1.807, 2.05) is 6.92 Å². The van der Waals surface area contributed by atoms with Crippen molar-refractivity contribution >= 4 is 23.3 Å². The summed E-state index contributed by atoms with van der Waals surface area (Å²) in [6.07, 6.45) is 3.74. The Bertz CT molecular complexity index is 471. The maximum absolute atomic E-state index is 12.0. The van der Waals surface area contributed by atoms with Crippen LogP contribution in [0.25, 0.3) is 0 Å². The smallest absolute Gasteiger partial charge is 0.319 e. The second-order valence-corrected chi connectivity index (χ2v) is 5.62. The van der Waals surface area contributed by atoms with Gasteiger partial charge in [-0.2, -0.15) is 0 Å². The van der Waals surface area contributed by atoms with Crippen LogP contribution in [0.1, 0.15) is 31.2 Å². The molecule has 2 rings (SSSR count). The summed E-state index contributed by atoms with van der Waals surface area (Å²) in [5.41, 5.74) is 1.19. The van der Waals surface area contributed by atoms with Crippen LogP contribution in [0.15, 0.2) is 18.2 Å². The summed E-state index contributed by atoms with van der Waals surface area (Å²) in [6.45, 7) is 1.87. The molecule has 0 bridgehead atoms. The summed E-state index contributed by atoms with van der Waals surface area (Å²) in [4.78, 5) is 12.0. The Morgan fingerprint density at radius 3 is 2.68 bits per heavy atom. The fourth-order valence-corrected chi connectivity index (χ4v) is 2.76. The minimum Gasteiger partial charge on any atom is -0.394 e. The van der Waals surface area contributed by atoms with Gasteiger partial charge in [0.2, 0.25) is 0 Å². The molecule has 0 heterocycles. The summed E-state index contributed by atoms with van der Waals surface area (Å²) in [7, 11) is 0. The molecule has 1 fully saturated rings. The van der Waals surface area contributed by atoms with Crippen LogP contribution < -0.4 is 10.6 Å². The zero-order chi connectivity index (χ0) is 13.9. The van der Waals surface area contributed by atoms with E-state index >= 15 is 0 Å². The highest BCUT2D eigenvalue weighted by Crippen LogP contribution is 2.29. The maximum atomic E-state index is 12.0. The number of carbonyl (C=O) groups is 1. The molecular weight excluding hydrogens is 264 g/mol. The summed E-state index contributed by atoms with van der Waals surface area (Å²) in [6, 6.07) is 5.04. The fourth-order valence-electron chi connectivity index (χ4n) is 2.54. The molecule has 0 saturated heterocycles. The second kappa shape index (κ2) is 5.80. The third-order valence-electron chi connectivity index (χ3n) is 3.68. The van der Waals surface area contributed by atoms with Gasteiger partial charge in [-0.25, -0.2) is 4.79 Å². The average molecular weight is 283 g/mol. The standard InChI is InChI=1S/C14H19ClN2O2/c1-10-8-11(15)4-5-12(10)16-13(19)17-14(9-18)6-2-3-7-14/h4-5,8,18H,2-3,6-7,9H2,1H3,(H2,16,17,19). The van der Waals surface area contributed by atoms with Crippen molar-refractivity contribution in [3.8, 4) is 0 Å². The van der Waals surface area contributed by atoms with Gasteiger partial charge in [0.1, 0.15) is 0 Å². The van der Waals surface area contributed by atoms with Crippen molar-refractivity contribution in [2.75, 3.05) is 11.9 Å². The Balaban J connectivity index is 2.01. The zero-order valence-electron chi connectivity index (χ0n) is 11.0. The lowest BCUT2D eigenvalue weighted by molar-refractivity contribution is 0.167. The molecule has 5 heteroatoms. The number of aryl methyl sites for hydroxylation is 1. The van der Waals surface area contributed by atoms with Gasteiger partial charge in [0.25, 0.3) is 0 Å². The minimum atomic E-state index is -0.454. The number of carbonyl (C=O) groups excluding carboxylic acids is 1. The lowest BCUT2D eigenvalue weighted by Gasteiger charge is -2.28. The predicted molar refractivity (Wildman–Crippen MR) is 76.6 cm³/mol. The molecule has 1 aromatic carbocycles. The number of urea groups is 1. The number of benzene rings is 1. The fraction of sp³-hybridized carbons (Fsp3) is 0.500. The molecule has 3 N–H and O–H groups in total. The number of aliphatic hydroxyl groups excluding tert-OH is 1. The Morgan fingerprint density at radius 1 is 1.42 bits per heavy atom. The molecule has 0 unspecified atom stereocenters. The lowest BCUT2D eigenvalue weighted by atomic mass is 9.99. The van der Waals surface area contributed by atoms with Crippen molar-refractivity contribution in [2.24, 2.45) is 0 Å². The predicted octanol–water partition coefficient (Wildman–Crippen LogP) is 3.08. The van der Waals surface area contributed by atoms with Crippen LogP contribution in [0.3, 0.4) is 0 Å². The van der Waals surface area contributed by atoms with Crippen molar-refractivity contribution in [1.82, 2.24) is 5.32 Å². The molecule has 0 atom stereocenters. The first-order valence-electron chi connectivity index (χ1n) is 6.51. The normalized spacial score (nSPS) is 17.2. The van der Waals surface area contributed by atoms with Crippen LogP contribution in [-0.2, 0) is 0 Å². The van der Waals surface area contributed by atoms with Crippen molar-refractivity contribution in [3.05, 3.63) is 28.8 Å². The average Bonchev–Trinajstić information content (AvgIpc) is 2.82. The Morgan fingerprint density at radius 2 is 2.11 bits per heavy atom. The Labute approximate surface area is 118 Å². The molecule has 2 amide bonds. The van der Waals surface area contributed by atoms with Crippen molar-refractivity contribution in [3.63, 3.8) is 0 Å². The number of rotatable bonds is 3. The topological polar surface area (TPSA) is 61.4 Å². The molecule has 1 saturated carbocycles. The van der Waals surface area contributed by atoms with E-state index in [4.69, 9.17) is 11.6 Å². The highest BCUT2D eigenvalue weighted by Gasteiger charge is 2.34. The number of hydrogen-bond donors (Lipinski definition) is 3. The zero-order valence-corrected chi connectivity index (χ0v) is 11.8. The minimum absolute atomic E-state index is 0.0139. The summed E-state index contributed by atoms with van der Waals surface area (Å²) < 4.78 is 0. The van der Waals surface area contributed by atoms with Crippen LogP contribution in [0.4, 0.5) is 10.5 Å². The molecule has 19 heavy (non-hydrogen) atoms. The van der Waals surface area contributed by atoms with Crippen LogP contribution in [-0.4, -0.2) is 23.3 Å². The van der Waals surface area contributed by atoms with Gasteiger partial charge in [-0.15, -0.1) is 0 Å². The van der Waals surface area contributed by atoms with E-state index in [0.717, 1.165) is 36.9 Å². The molecule has 1 aliphatic carbocycles. The quantitative estimate of drug-likeness (QED) is 0.798. The number of aliphatic hydroxyl groups is 1. The van der Waals surface area contributed by atoms with Crippen LogP contribution >= 0.6 is 11.6 Å². The van der Waals surface area contributed by atoms with Crippen molar-refractivity contribution < 1.29 is 9.90 Å². The van der Waals surface area contributed by atoms with E-state index in [1.54, 1.807) is 18.2 Å². The maximum Gasteiger partial charge on any atom is 0.319 e. The molecule has 0 radical (unpaired) electrons.